The number of rotatable bonds is 20. The summed E-state index contributed by atoms with van der Waals surface area (Å²) in [5, 5.41) is 13.2. The summed E-state index contributed by atoms with van der Waals surface area (Å²) in [5.41, 5.74) is 22.8. The quantitative estimate of drug-likeness (QED) is 0.0432. The topological polar surface area (TPSA) is 82.7 Å². The summed E-state index contributed by atoms with van der Waals surface area (Å²) in [5.74, 6) is 6.25. The maximum absolute atomic E-state index is 5.57. The normalized spacial score (nSPS) is 13.7. The van der Waals surface area contributed by atoms with Crippen molar-refractivity contribution in [2.45, 2.75) is 289 Å². The van der Waals surface area contributed by atoms with E-state index in [1.807, 2.05) is 24.3 Å². The molecule has 4 aliphatic heterocycles. The van der Waals surface area contributed by atoms with E-state index in [0.717, 1.165) is 86.3 Å². The Hall–Kier alpha value is -2.95. The first-order valence-electron chi connectivity index (χ1n) is 42.8. The van der Waals surface area contributed by atoms with Crippen LogP contribution < -0.4 is 122 Å². The zero-order chi connectivity index (χ0) is 81.9. The third-order valence-electron chi connectivity index (χ3n) is 21.1. The molecule has 115 heavy (non-hydrogen) atoms. The first-order chi connectivity index (χ1) is 53.4. The number of ether oxygens (including phenoxy) is 4. The molecule has 10 nitrogen and oxygen atoms in total. The van der Waals surface area contributed by atoms with E-state index in [-0.39, 0.29) is 154 Å². The molecule has 0 atom stereocenters. The number of hydrogen-bond acceptors (Lipinski definition) is 4. The van der Waals surface area contributed by atoms with Gasteiger partial charge in [-0.3, -0.25) is 18.3 Å². The molecule has 9 aromatic rings. The number of benzene rings is 7. The maximum atomic E-state index is 5.57. The van der Waals surface area contributed by atoms with Crippen molar-refractivity contribution in [3.05, 3.63) is 246 Å². The summed E-state index contributed by atoms with van der Waals surface area (Å²) >= 11 is 0. The monoisotopic (exact) mass is 1630 g/mol. The molecule has 0 aliphatic carbocycles. The molecule has 0 saturated carbocycles. The van der Waals surface area contributed by atoms with E-state index >= 15 is 0 Å². The average Bonchev–Trinajstić information content (AvgIpc) is 1.61. The summed E-state index contributed by atoms with van der Waals surface area (Å²) in [4.78, 5) is 0. The Balaban J connectivity index is 0.000000352. The van der Waals surface area contributed by atoms with Crippen LogP contribution in [0.3, 0.4) is 0 Å². The van der Waals surface area contributed by atoms with Crippen molar-refractivity contribution in [3.8, 4) is 22.7 Å². The minimum atomic E-state index is 0. The predicted octanol–water partition coefficient (Wildman–Crippen LogP) is 20.6. The van der Waals surface area contributed by atoms with Crippen LogP contribution in [0.15, 0.2) is 146 Å². The van der Waals surface area contributed by atoms with Crippen LogP contribution in [0.5, 0.6) is 0 Å². The molecule has 13 rings (SSSR count). The van der Waals surface area contributed by atoms with E-state index in [1.165, 1.54) is 141 Å². The number of para-hydroxylation sites is 6. The van der Waals surface area contributed by atoms with Crippen LogP contribution in [-0.4, -0.2) is 113 Å². The van der Waals surface area contributed by atoms with Gasteiger partial charge in [-0.15, -0.1) is 0 Å². The van der Waals surface area contributed by atoms with Gasteiger partial charge in [0.25, 0.3) is 12.7 Å². The molecular formula is C102H144K3N6O4. The second-order valence-corrected chi connectivity index (χ2v) is 34.5. The molecular weight excluding hydrogens is 1490 g/mol. The molecule has 0 unspecified atom stereocenters. The van der Waals surface area contributed by atoms with Gasteiger partial charge in [-0.05, 0) is 211 Å². The second kappa shape index (κ2) is 53.2. The first-order valence-corrected chi connectivity index (χ1v) is 42.8. The fraction of sp³-hybridized carbons (Fsp3) is 0.510. The van der Waals surface area contributed by atoms with E-state index in [2.05, 4.69) is 332 Å². The van der Waals surface area contributed by atoms with Crippen molar-refractivity contribution in [1.29, 1.82) is 0 Å². The van der Waals surface area contributed by atoms with Crippen LogP contribution in [0.25, 0.3) is 46.5 Å². The standard InChI is InChI=1S/2C39H52N3.C8H8.4C4H8O.3K/c2*1-24(2)30-16-13-17-31(25(3)4)37(30)40-36-22-41(38-32(26(5)6)18-14-19-33(38)27(7)8)23-42(36)39-34(28(9)10)20-15-21-35(39)29(11)12;1-7-3-5-8(2)6-4-7;4*1-2-4-5-3-1;;;/h2*13-22,24-29H,1-12H3;3-6H,1-2H2;4*1-4H2;;;/q2*-1;;;;;;;2*+1. The Bertz CT molecular complexity index is 3920. The summed E-state index contributed by atoms with van der Waals surface area (Å²) < 4.78 is 28.8. The van der Waals surface area contributed by atoms with Crippen molar-refractivity contribution in [3.63, 3.8) is 0 Å². The van der Waals surface area contributed by atoms with Gasteiger partial charge in [-0.2, -0.15) is 0 Å². The van der Waals surface area contributed by atoms with Crippen LogP contribution in [0.1, 0.15) is 355 Å². The average molecular weight is 1640 g/mol. The van der Waals surface area contributed by atoms with E-state index in [4.69, 9.17) is 29.6 Å². The van der Waals surface area contributed by atoms with Crippen molar-refractivity contribution in [1.82, 2.24) is 9.13 Å². The Morgan fingerprint density at radius 2 is 0.452 bits per heavy atom. The van der Waals surface area contributed by atoms with Crippen LogP contribution in [-0.2, 0) is 18.9 Å². The van der Waals surface area contributed by atoms with Crippen molar-refractivity contribution in [2.75, 3.05) is 52.9 Å². The molecule has 609 valence electrons. The number of imidazole rings is 2. The minimum absolute atomic E-state index is 0. The number of aromatic nitrogens is 4. The van der Waals surface area contributed by atoms with Crippen molar-refractivity contribution >= 4 is 87.6 Å². The molecule has 0 N–H and O–H groups in total. The summed E-state index contributed by atoms with van der Waals surface area (Å²) in [6, 6.07) is 48.1. The van der Waals surface area contributed by atoms with Gasteiger partial charge in [0.2, 0.25) is 0 Å². The molecule has 1 radical (unpaired) electrons. The molecule has 0 bridgehead atoms. The fourth-order valence-electron chi connectivity index (χ4n) is 14.6. The minimum Gasteiger partial charge on any atom is -0.438 e. The molecule has 0 amide bonds. The first kappa shape index (κ1) is 104. The second-order valence-electron chi connectivity index (χ2n) is 34.5. The molecule has 2 aromatic heterocycles. The van der Waals surface area contributed by atoms with E-state index in [0.29, 0.717) is 71.0 Å². The summed E-state index contributed by atoms with van der Waals surface area (Å²) in [6.45, 7) is 70.1. The number of hydrogen-bond donors (Lipinski definition) is 0. The Morgan fingerprint density at radius 1 is 0.278 bits per heavy atom. The Morgan fingerprint density at radius 3 is 0.617 bits per heavy atom. The van der Waals surface area contributed by atoms with Gasteiger partial charge in [-0.1, -0.05) is 313 Å². The fourth-order valence-corrected chi connectivity index (χ4v) is 14.6. The third kappa shape index (κ3) is 30.8. The molecule has 13 heteroatoms. The molecule has 6 heterocycles. The van der Waals surface area contributed by atoms with Gasteiger partial charge in [0.1, 0.15) is 0 Å². The number of nitrogens with zero attached hydrogens (tertiary/aromatic N) is 6. The maximum Gasteiger partial charge on any atom is 1.00 e. The van der Waals surface area contributed by atoms with Crippen LogP contribution in [0.4, 0.5) is 23.0 Å². The summed E-state index contributed by atoms with van der Waals surface area (Å²) in [7, 11) is 0. The van der Waals surface area contributed by atoms with Crippen LogP contribution in [0, 0.1) is 12.7 Å². The molecule has 4 aliphatic rings. The SMILES string of the molecule is C1CCOC1.C1CCOC1.C1CCOC1.C1CCOC1.C=c1ccc(=C)cc1.CC(C)c1cccc(C(C)C)c1[N-]c1c[n+](-c2c(C(C)C)cccc2C(C)C)[c-]n1-c1c(C(C)C)cccc1C(C)C.CC(C)c1cccc(C(C)C)c1[N-]c1c[n+](-c2c(C(C)C)cccc2C(C)C)[c-]n1-c1c(C(C)C)cccc1C(C)C.[K+].[K+].[K]. The molecule has 4 fully saturated rings. The van der Waals surface area contributed by atoms with E-state index in [1.54, 1.807) is 0 Å². The Kier molecular flexibility index (Phi) is 48.3. The predicted molar refractivity (Wildman–Crippen MR) is 482 cm³/mol. The van der Waals surface area contributed by atoms with Gasteiger partial charge in [-0.25, -0.2) is 0 Å². The van der Waals surface area contributed by atoms with Crippen LogP contribution in [0.2, 0.25) is 0 Å². The molecule has 7 aromatic carbocycles. The van der Waals surface area contributed by atoms with Crippen molar-refractivity contribution < 1.29 is 131 Å². The largest absolute Gasteiger partial charge is 1.00 e. The van der Waals surface area contributed by atoms with Gasteiger partial charge in [0.05, 0.1) is 34.4 Å². The van der Waals surface area contributed by atoms with Gasteiger partial charge >= 0.3 is 103 Å². The van der Waals surface area contributed by atoms with Gasteiger partial charge in [0.15, 0.2) is 0 Å². The van der Waals surface area contributed by atoms with Gasteiger partial charge in [0, 0.05) is 117 Å². The molecule has 0 spiro atoms. The van der Waals surface area contributed by atoms with Crippen molar-refractivity contribution in [2.24, 2.45) is 0 Å². The van der Waals surface area contributed by atoms with E-state index < -0.39 is 0 Å². The smallest absolute Gasteiger partial charge is 0.438 e. The Labute approximate surface area is 826 Å². The van der Waals surface area contributed by atoms with Gasteiger partial charge < -0.3 is 29.6 Å². The third-order valence-corrected chi connectivity index (χ3v) is 21.1. The summed E-state index contributed by atoms with van der Waals surface area (Å²) in [6.07, 6.45) is 22.4. The van der Waals surface area contributed by atoms with E-state index in [9.17, 15) is 0 Å². The zero-order valence-electron chi connectivity index (χ0n) is 76.8. The molecule has 4 saturated heterocycles. The van der Waals surface area contributed by atoms with Crippen LogP contribution >= 0.6 is 0 Å². The zero-order valence-corrected chi connectivity index (χ0v) is 86.2.